The Balaban J connectivity index is 2.48. The van der Waals surface area contributed by atoms with Crippen LogP contribution in [0.1, 0.15) is 23.2 Å². The van der Waals surface area contributed by atoms with Gasteiger partial charge >= 0.3 is 12.0 Å². The average molecular weight is 265 g/mol. The minimum atomic E-state index is -0.915. The molecule has 1 aromatic rings. The molecule has 0 saturated heterocycles. The van der Waals surface area contributed by atoms with Crippen molar-refractivity contribution < 1.29 is 19.5 Å². The second-order valence-corrected chi connectivity index (χ2v) is 3.79. The fourth-order valence-corrected chi connectivity index (χ4v) is 1.42. The van der Waals surface area contributed by atoms with Gasteiger partial charge in [-0.15, -0.1) is 0 Å². The molecule has 0 atom stereocenters. The van der Waals surface area contributed by atoms with E-state index in [2.05, 4.69) is 10.6 Å². The third-order valence-electron chi connectivity index (χ3n) is 2.29. The van der Waals surface area contributed by atoms with Gasteiger partial charge in [0.2, 0.25) is 0 Å². The number of carbonyl (C=O) groups is 3. The molecule has 0 radical (unpaired) electrons. The normalized spacial score (nSPS) is 9.68. The van der Waals surface area contributed by atoms with Crippen LogP contribution in [0.5, 0.6) is 0 Å². The van der Waals surface area contributed by atoms with Crippen molar-refractivity contribution in [2.75, 3.05) is 11.9 Å². The first kappa shape index (κ1) is 14.5. The number of carboxylic acid groups (broad SMARTS) is 1. The number of nitrogens with two attached hydrogens (primary N) is 1. The molecule has 5 N–H and O–H groups in total. The summed E-state index contributed by atoms with van der Waals surface area (Å²) in [6.45, 7) is 0.233. The minimum absolute atomic E-state index is 0.0157. The number of benzene rings is 1. The highest BCUT2D eigenvalue weighted by Crippen LogP contribution is 2.13. The number of aliphatic carboxylic acids is 1. The number of carboxylic acids is 1. The van der Waals surface area contributed by atoms with E-state index in [4.69, 9.17) is 10.8 Å². The molecule has 0 aliphatic heterocycles. The number of hydrogen-bond acceptors (Lipinski definition) is 3. The highest BCUT2D eigenvalue weighted by Gasteiger charge is 2.09. The van der Waals surface area contributed by atoms with E-state index >= 15 is 0 Å². The Morgan fingerprint density at radius 1 is 1.21 bits per heavy atom. The minimum Gasteiger partial charge on any atom is -0.481 e. The number of rotatable bonds is 6. The van der Waals surface area contributed by atoms with Gasteiger partial charge in [-0.05, 0) is 18.6 Å². The highest BCUT2D eigenvalue weighted by molar-refractivity contribution is 6.02. The smallest absolute Gasteiger partial charge is 0.319 e. The topological polar surface area (TPSA) is 122 Å². The Bertz CT molecular complexity index is 488. The quantitative estimate of drug-likeness (QED) is 0.567. The fraction of sp³-hybridized carbons (Fsp3) is 0.250. The van der Waals surface area contributed by atoms with Crippen LogP contribution in [0.2, 0.25) is 0 Å². The predicted molar refractivity (Wildman–Crippen MR) is 68.9 cm³/mol. The molecule has 0 aliphatic carbocycles. The largest absolute Gasteiger partial charge is 0.481 e. The lowest BCUT2D eigenvalue weighted by Crippen LogP contribution is -2.30. The summed E-state index contributed by atoms with van der Waals surface area (Å²) in [4.78, 5) is 32.9. The molecule has 0 heterocycles. The van der Waals surface area contributed by atoms with Crippen molar-refractivity contribution in [2.45, 2.75) is 12.8 Å². The van der Waals surface area contributed by atoms with Crippen LogP contribution in [0, 0.1) is 0 Å². The zero-order valence-electron chi connectivity index (χ0n) is 10.2. The van der Waals surface area contributed by atoms with Crippen molar-refractivity contribution in [1.82, 2.24) is 5.32 Å². The summed E-state index contributed by atoms with van der Waals surface area (Å²) in [5, 5.41) is 13.4. The monoisotopic (exact) mass is 265 g/mol. The summed E-state index contributed by atoms with van der Waals surface area (Å²) in [6, 6.07) is 5.83. The molecular formula is C12H15N3O4. The van der Waals surface area contributed by atoms with Crippen molar-refractivity contribution >= 4 is 23.6 Å². The number of nitrogens with one attached hydrogen (secondary N) is 2. The molecule has 1 aromatic carbocycles. The van der Waals surface area contributed by atoms with Gasteiger partial charge in [0, 0.05) is 13.0 Å². The second kappa shape index (κ2) is 7.00. The van der Waals surface area contributed by atoms with Crippen LogP contribution in [0.4, 0.5) is 10.5 Å². The predicted octanol–water partition coefficient (Wildman–Crippen LogP) is 0.772. The third-order valence-corrected chi connectivity index (χ3v) is 2.29. The summed E-state index contributed by atoms with van der Waals surface area (Å²) in [5.41, 5.74) is 5.69. The average Bonchev–Trinajstić information content (AvgIpc) is 2.35. The standard InChI is InChI=1S/C12H15N3O4/c13-11(18)8-4-1-2-5-9(8)15-12(19)14-7-3-6-10(16)17/h1-2,4-5H,3,6-7H2,(H2,13,18)(H,16,17)(H2,14,15,19). The fourth-order valence-electron chi connectivity index (χ4n) is 1.42. The van der Waals surface area contributed by atoms with Crippen LogP contribution in [0.15, 0.2) is 24.3 Å². The molecule has 19 heavy (non-hydrogen) atoms. The van der Waals surface area contributed by atoms with Crippen molar-refractivity contribution in [3.8, 4) is 0 Å². The van der Waals surface area contributed by atoms with Crippen LogP contribution in [-0.2, 0) is 4.79 Å². The first-order valence-electron chi connectivity index (χ1n) is 5.66. The maximum Gasteiger partial charge on any atom is 0.319 e. The Morgan fingerprint density at radius 2 is 1.89 bits per heavy atom. The lowest BCUT2D eigenvalue weighted by atomic mass is 10.1. The Morgan fingerprint density at radius 3 is 2.53 bits per heavy atom. The van der Waals surface area contributed by atoms with E-state index in [1.165, 1.54) is 6.07 Å². The van der Waals surface area contributed by atoms with Crippen molar-refractivity contribution in [3.05, 3.63) is 29.8 Å². The molecule has 0 fully saturated rings. The zero-order chi connectivity index (χ0) is 14.3. The van der Waals surface area contributed by atoms with E-state index in [0.717, 1.165) is 0 Å². The van der Waals surface area contributed by atoms with Gasteiger partial charge in [-0.25, -0.2) is 4.79 Å². The van der Waals surface area contributed by atoms with Crippen molar-refractivity contribution in [1.29, 1.82) is 0 Å². The van der Waals surface area contributed by atoms with Gasteiger partial charge < -0.3 is 21.5 Å². The van der Waals surface area contributed by atoms with E-state index in [1.807, 2.05) is 0 Å². The van der Waals surface area contributed by atoms with E-state index in [-0.39, 0.29) is 18.5 Å². The first-order chi connectivity index (χ1) is 9.00. The number of amides is 3. The molecule has 102 valence electrons. The lowest BCUT2D eigenvalue weighted by molar-refractivity contribution is -0.137. The summed E-state index contributed by atoms with van der Waals surface area (Å²) in [7, 11) is 0. The van der Waals surface area contributed by atoms with Crippen LogP contribution in [0.3, 0.4) is 0 Å². The molecule has 1 rings (SSSR count). The van der Waals surface area contributed by atoms with Crippen LogP contribution in [0.25, 0.3) is 0 Å². The van der Waals surface area contributed by atoms with E-state index in [1.54, 1.807) is 18.2 Å². The van der Waals surface area contributed by atoms with Gasteiger partial charge in [0.15, 0.2) is 0 Å². The lowest BCUT2D eigenvalue weighted by Gasteiger charge is -2.09. The van der Waals surface area contributed by atoms with Gasteiger partial charge in [0.1, 0.15) is 0 Å². The van der Waals surface area contributed by atoms with Crippen molar-refractivity contribution in [3.63, 3.8) is 0 Å². The van der Waals surface area contributed by atoms with Crippen LogP contribution in [-0.4, -0.2) is 29.6 Å². The molecule has 3 amide bonds. The van der Waals surface area contributed by atoms with Gasteiger partial charge in [-0.2, -0.15) is 0 Å². The number of urea groups is 1. The molecular weight excluding hydrogens is 250 g/mol. The molecule has 7 nitrogen and oxygen atoms in total. The number of primary amides is 1. The molecule has 7 heteroatoms. The molecule has 0 aliphatic rings. The van der Waals surface area contributed by atoms with Crippen LogP contribution >= 0.6 is 0 Å². The summed E-state index contributed by atoms with van der Waals surface area (Å²) in [6.07, 6.45) is 0.318. The summed E-state index contributed by atoms with van der Waals surface area (Å²) < 4.78 is 0. The molecule has 0 unspecified atom stereocenters. The van der Waals surface area contributed by atoms with E-state index < -0.39 is 17.9 Å². The maximum atomic E-state index is 11.5. The molecule has 0 saturated carbocycles. The Kier molecular flexibility index (Phi) is 5.34. The first-order valence-corrected chi connectivity index (χ1v) is 5.66. The van der Waals surface area contributed by atoms with E-state index in [0.29, 0.717) is 12.1 Å². The molecule has 0 spiro atoms. The van der Waals surface area contributed by atoms with Crippen molar-refractivity contribution in [2.24, 2.45) is 5.73 Å². The molecule has 0 bridgehead atoms. The Labute approximate surface area is 109 Å². The van der Waals surface area contributed by atoms with Gasteiger partial charge in [0.25, 0.3) is 5.91 Å². The highest BCUT2D eigenvalue weighted by atomic mass is 16.4. The van der Waals surface area contributed by atoms with Crippen LogP contribution < -0.4 is 16.4 Å². The summed E-state index contributed by atoms with van der Waals surface area (Å²) in [5.74, 6) is -1.55. The summed E-state index contributed by atoms with van der Waals surface area (Å²) >= 11 is 0. The number of hydrogen-bond donors (Lipinski definition) is 4. The molecule has 0 aromatic heterocycles. The number of anilines is 1. The third kappa shape index (κ3) is 5.07. The number of carbonyl (C=O) groups excluding carboxylic acids is 2. The second-order valence-electron chi connectivity index (χ2n) is 3.79. The van der Waals surface area contributed by atoms with Gasteiger partial charge in [-0.3, -0.25) is 9.59 Å². The zero-order valence-corrected chi connectivity index (χ0v) is 10.2. The number of para-hydroxylation sites is 1. The SMILES string of the molecule is NC(=O)c1ccccc1NC(=O)NCCCC(=O)O. The maximum absolute atomic E-state index is 11.5. The Hall–Kier alpha value is -2.57. The van der Waals surface area contributed by atoms with Gasteiger partial charge in [-0.1, -0.05) is 12.1 Å². The van der Waals surface area contributed by atoms with E-state index in [9.17, 15) is 14.4 Å². The van der Waals surface area contributed by atoms with Gasteiger partial charge in [0.05, 0.1) is 11.3 Å².